The van der Waals surface area contributed by atoms with Crippen molar-refractivity contribution in [3.8, 4) is 0 Å². The second-order valence-corrected chi connectivity index (χ2v) is 3.08. The monoisotopic (exact) mass is 219 g/mol. The zero-order valence-electron chi connectivity index (χ0n) is 8.25. The highest BCUT2D eigenvalue weighted by molar-refractivity contribution is 5.59. The molecule has 0 aromatic carbocycles. The van der Waals surface area contributed by atoms with Gasteiger partial charge in [-0.3, -0.25) is 15.1 Å². The summed E-state index contributed by atoms with van der Waals surface area (Å²) in [5.41, 5.74) is 1.25. The van der Waals surface area contributed by atoms with Gasteiger partial charge >= 0.3 is 5.69 Å². The second kappa shape index (κ2) is 4.39. The van der Waals surface area contributed by atoms with Crippen LogP contribution in [0.5, 0.6) is 0 Å². The quantitative estimate of drug-likeness (QED) is 0.597. The molecule has 2 N–H and O–H groups in total. The fourth-order valence-corrected chi connectivity index (χ4v) is 1.25. The highest BCUT2D eigenvalue weighted by atomic mass is 16.6. The van der Waals surface area contributed by atoms with Crippen LogP contribution < -0.4 is 5.32 Å². The van der Waals surface area contributed by atoms with Crippen molar-refractivity contribution in [2.75, 3.05) is 5.32 Å². The van der Waals surface area contributed by atoms with Crippen LogP contribution in [0.2, 0.25) is 0 Å². The lowest BCUT2D eigenvalue weighted by Gasteiger charge is -2.04. The first-order valence-electron chi connectivity index (χ1n) is 4.57. The van der Waals surface area contributed by atoms with Gasteiger partial charge in [0, 0.05) is 12.4 Å². The van der Waals surface area contributed by atoms with Crippen molar-refractivity contribution in [2.45, 2.75) is 6.54 Å². The fraction of sp³-hybridized carbons (Fsp3) is 0.111. The Balaban J connectivity index is 2.12. The summed E-state index contributed by atoms with van der Waals surface area (Å²) in [5, 5.41) is 13.6. The Labute approximate surface area is 90.7 Å². The summed E-state index contributed by atoms with van der Waals surface area (Å²) in [6.45, 7) is 0.449. The number of hydrogen-bond donors (Lipinski definition) is 2. The third-order valence-corrected chi connectivity index (χ3v) is 2.02. The van der Waals surface area contributed by atoms with E-state index in [-0.39, 0.29) is 5.69 Å². The van der Waals surface area contributed by atoms with E-state index in [0.717, 1.165) is 5.69 Å². The van der Waals surface area contributed by atoms with Crippen LogP contribution in [0.3, 0.4) is 0 Å². The number of aromatic nitrogens is 3. The molecule has 7 heteroatoms. The molecule has 16 heavy (non-hydrogen) atoms. The van der Waals surface area contributed by atoms with Crippen LogP contribution >= 0.6 is 0 Å². The summed E-state index contributed by atoms with van der Waals surface area (Å²) in [4.78, 5) is 20.7. The molecule has 2 rings (SSSR count). The van der Waals surface area contributed by atoms with Crippen molar-refractivity contribution in [3.63, 3.8) is 0 Å². The van der Waals surface area contributed by atoms with Crippen molar-refractivity contribution >= 4 is 11.4 Å². The lowest BCUT2D eigenvalue weighted by molar-refractivity contribution is -0.384. The van der Waals surface area contributed by atoms with Crippen molar-refractivity contribution < 1.29 is 4.92 Å². The lowest BCUT2D eigenvalue weighted by Crippen LogP contribution is -2.03. The molecule has 2 heterocycles. The van der Waals surface area contributed by atoms with Crippen molar-refractivity contribution in [3.05, 3.63) is 46.8 Å². The summed E-state index contributed by atoms with van der Waals surface area (Å²) in [6.07, 6.45) is 5.93. The molecular formula is C9H9N5O2. The van der Waals surface area contributed by atoms with E-state index in [1.807, 2.05) is 0 Å². The minimum absolute atomic E-state index is 0.0398. The van der Waals surface area contributed by atoms with Crippen molar-refractivity contribution in [1.82, 2.24) is 15.0 Å². The number of nitro groups is 1. The summed E-state index contributed by atoms with van der Waals surface area (Å²) >= 11 is 0. The number of rotatable bonds is 4. The van der Waals surface area contributed by atoms with E-state index in [1.165, 1.54) is 12.4 Å². The summed E-state index contributed by atoms with van der Waals surface area (Å²) in [5.74, 6) is 0. The van der Waals surface area contributed by atoms with Crippen LogP contribution in [0.4, 0.5) is 11.4 Å². The number of nitrogens with zero attached hydrogens (tertiary/aromatic N) is 3. The minimum atomic E-state index is -0.470. The van der Waals surface area contributed by atoms with E-state index < -0.39 is 4.92 Å². The first kappa shape index (κ1) is 10.1. The predicted octanol–water partition coefficient (Wildman–Crippen LogP) is 1.32. The van der Waals surface area contributed by atoms with E-state index in [1.54, 1.807) is 18.6 Å². The Kier molecular flexibility index (Phi) is 2.77. The number of aromatic amines is 1. The molecule has 0 bridgehead atoms. The van der Waals surface area contributed by atoms with Crippen LogP contribution in [0.1, 0.15) is 5.69 Å². The summed E-state index contributed by atoms with van der Waals surface area (Å²) < 4.78 is 0. The number of nitrogens with one attached hydrogen (secondary N) is 2. The molecule has 0 radical (unpaired) electrons. The molecule has 0 aliphatic carbocycles. The first-order valence-corrected chi connectivity index (χ1v) is 4.57. The largest absolute Gasteiger partial charge is 0.374 e. The SMILES string of the molecule is O=[N+]([O-])c1cnccc1NCc1cnc[nH]1. The Morgan fingerprint density at radius 2 is 2.31 bits per heavy atom. The molecule has 0 spiro atoms. The van der Waals surface area contributed by atoms with Crippen LogP contribution in [0.15, 0.2) is 31.0 Å². The van der Waals surface area contributed by atoms with E-state index in [0.29, 0.717) is 12.2 Å². The molecule has 0 amide bonds. The van der Waals surface area contributed by atoms with Crippen molar-refractivity contribution in [2.24, 2.45) is 0 Å². The normalized spacial score (nSPS) is 10.0. The molecule has 0 saturated carbocycles. The Hall–Kier alpha value is -2.44. The maximum atomic E-state index is 10.7. The van der Waals surface area contributed by atoms with Crippen LogP contribution in [0.25, 0.3) is 0 Å². The van der Waals surface area contributed by atoms with Gasteiger partial charge in [0.1, 0.15) is 11.9 Å². The van der Waals surface area contributed by atoms with Crippen LogP contribution in [-0.2, 0) is 6.54 Å². The molecule has 0 aliphatic heterocycles. The molecular weight excluding hydrogens is 210 g/mol. The predicted molar refractivity (Wildman–Crippen MR) is 56.8 cm³/mol. The molecule has 7 nitrogen and oxygen atoms in total. The smallest absolute Gasteiger partial charge is 0.310 e. The average molecular weight is 219 g/mol. The number of H-pyrrole nitrogens is 1. The van der Waals surface area contributed by atoms with Gasteiger partial charge in [0.2, 0.25) is 0 Å². The third kappa shape index (κ3) is 2.14. The van der Waals surface area contributed by atoms with Crippen LogP contribution in [-0.4, -0.2) is 19.9 Å². The van der Waals surface area contributed by atoms with E-state index >= 15 is 0 Å². The lowest BCUT2D eigenvalue weighted by atomic mass is 10.3. The van der Waals surface area contributed by atoms with Gasteiger partial charge in [-0.05, 0) is 6.07 Å². The topological polar surface area (TPSA) is 96.7 Å². The highest BCUT2D eigenvalue weighted by Gasteiger charge is 2.12. The molecule has 2 aromatic rings. The maximum absolute atomic E-state index is 10.7. The number of anilines is 1. The molecule has 0 aliphatic rings. The number of imidazole rings is 1. The standard InChI is InChI=1S/C9H9N5O2/c15-14(16)9-5-10-2-1-8(9)12-4-7-3-11-6-13-7/h1-3,5-6H,4H2,(H,10,12)(H,11,13). The second-order valence-electron chi connectivity index (χ2n) is 3.08. The molecule has 0 atom stereocenters. The van der Waals surface area contributed by atoms with Gasteiger partial charge in [-0.1, -0.05) is 0 Å². The molecule has 0 unspecified atom stereocenters. The maximum Gasteiger partial charge on any atom is 0.310 e. The van der Waals surface area contributed by atoms with Gasteiger partial charge in [0.15, 0.2) is 0 Å². The summed E-state index contributed by atoms with van der Waals surface area (Å²) in [7, 11) is 0. The Morgan fingerprint density at radius 3 is 3.00 bits per heavy atom. The zero-order chi connectivity index (χ0) is 11.4. The van der Waals surface area contributed by atoms with E-state index in [2.05, 4.69) is 20.3 Å². The molecule has 2 aromatic heterocycles. The van der Waals surface area contributed by atoms with Gasteiger partial charge in [0.25, 0.3) is 0 Å². The van der Waals surface area contributed by atoms with Gasteiger partial charge in [0.05, 0.1) is 23.5 Å². The van der Waals surface area contributed by atoms with Gasteiger partial charge in [-0.15, -0.1) is 0 Å². The van der Waals surface area contributed by atoms with E-state index in [9.17, 15) is 10.1 Å². The molecule has 0 fully saturated rings. The first-order chi connectivity index (χ1) is 7.77. The van der Waals surface area contributed by atoms with Gasteiger partial charge < -0.3 is 10.3 Å². The highest BCUT2D eigenvalue weighted by Crippen LogP contribution is 2.22. The number of hydrogen-bond acceptors (Lipinski definition) is 5. The Morgan fingerprint density at radius 1 is 1.44 bits per heavy atom. The van der Waals surface area contributed by atoms with E-state index in [4.69, 9.17) is 0 Å². The minimum Gasteiger partial charge on any atom is -0.374 e. The third-order valence-electron chi connectivity index (χ3n) is 2.02. The number of pyridine rings is 1. The fourth-order valence-electron chi connectivity index (χ4n) is 1.25. The van der Waals surface area contributed by atoms with Crippen LogP contribution in [0, 0.1) is 10.1 Å². The van der Waals surface area contributed by atoms with Gasteiger partial charge in [-0.2, -0.15) is 0 Å². The average Bonchev–Trinajstić information content (AvgIpc) is 2.79. The molecule has 82 valence electrons. The Bertz CT molecular complexity index is 482. The summed E-state index contributed by atoms with van der Waals surface area (Å²) in [6, 6.07) is 1.56. The zero-order valence-corrected chi connectivity index (χ0v) is 8.25. The molecule has 0 saturated heterocycles. The van der Waals surface area contributed by atoms with Gasteiger partial charge in [-0.25, -0.2) is 4.98 Å². The van der Waals surface area contributed by atoms with Crippen molar-refractivity contribution in [1.29, 1.82) is 0 Å².